The minimum absolute atomic E-state index is 0.410. The molecule has 0 aromatic rings. The summed E-state index contributed by atoms with van der Waals surface area (Å²) in [6, 6.07) is 0.967. The molecule has 7 nitrogen and oxygen atoms in total. The Bertz CT molecular complexity index is 461. The van der Waals surface area contributed by atoms with E-state index in [1.54, 1.807) is 0 Å². The van der Waals surface area contributed by atoms with Crippen molar-refractivity contribution in [3.63, 3.8) is 0 Å². The standard InChI is InChI=1S/C14H30O4Si.C14H32O3Si/c1-4-16-14(17-5-2,18-6-3)12-10-8-7-9-11-13(15)19;1-5-9-10-11-12-13-14-18(15-6-2,16-7-3)17-8-4/h4-12H2,1-3,19H3;5-14H2,1-4H3. The van der Waals surface area contributed by atoms with E-state index in [-0.39, 0.29) is 0 Å². The molecule has 0 aromatic heterocycles. The van der Waals surface area contributed by atoms with E-state index < -0.39 is 14.8 Å². The Morgan fingerprint density at radius 2 is 1.03 bits per heavy atom. The van der Waals surface area contributed by atoms with Crippen LogP contribution in [-0.2, 0) is 32.3 Å². The van der Waals surface area contributed by atoms with Crippen LogP contribution in [0.2, 0.25) is 6.04 Å². The number of hydrogen-bond donors (Lipinski definition) is 0. The van der Waals surface area contributed by atoms with Crippen LogP contribution in [0.3, 0.4) is 0 Å². The van der Waals surface area contributed by atoms with Gasteiger partial charge in [0, 0.05) is 58.5 Å². The number of ether oxygens (including phenoxy) is 3. The number of carbonyl (C=O) groups is 1. The van der Waals surface area contributed by atoms with Crippen LogP contribution < -0.4 is 0 Å². The Morgan fingerprint density at radius 3 is 1.46 bits per heavy atom. The van der Waals surface area contributed by atoms with Gasteiger partial charge in [-0.3, -0.25) is 0 Å². The van der Waals surface area contributed by atoms with E-state index in [9.17, 15) is 4.79 Å². The van der Waals surface area contributed by atoms with Gasteiger partial charge in [0.1, 0.15) is 5.41 Å². The second kappa shape index (κ2) is 27.4. The monoisotopic (exact) mass is 566 g/mol. The van der Waals surface area contributed by atoms with Gasteiger partial charge in [-0.15, -0.1) is 0 Å². The van der Waals surface area contributed by atoms with Gasteiger partial charge in [0.25, 0.3) is 5.97 Å². The zero-order valence-corrected chi connectivity index (χ0v) is 28.8. The Morgan fingerprint density at radius 1 is 0.595 bits per heavy atom. The van der Waals surface area contributed by atoms with Gasteiger partial charge in [-0.05, 0) is 60.8 Å². The molecule has 0 bridgehead atoms. The molecular formula is C28H62O7Si2. The summed E-state index contributed by atoms with van der Waals surface area (Å²) in [6.45, 7) is 17.9. The van der Waals surface area contributed by atoms with E-state index in [2.05, 4.69) is 6.92 Å². The zero-order valence-electron chi connectivity index (χ0n) is 25.8. The van der Waals surface area contributed by atoms with Gasteiger partial charge in [-0.25, -0.2) is 0 Å². The highest BCUT2D eigenvalue weighted by Crippen LogP contribution is 2.24. The van der Waals surface area contributed by atoms with Crippen molar-refractivity contribution in [2.45, 2.75) is 138 Å². The quantitative estimate of drug-likeness (QED) is 0.0683. The van der Waals surface area contributed by atoms with Crippen molar-refractivity contribution in [1.82, 2.24) is 0 Å². The van der Waals surface area contributed by atoms with Gasteiger partial charge in [0.05, 0.1) is 10.2 Å². The summed E-state index contributed by atoms with van der Waals surface area (Å²) in [6.07, 6.45) is 13.4. The highest BCUT2D eigenvalue weighted by Gasteiger charge is 2.39. The van der Waals surface area contributed by atoms with Crippen LogP contribution in [0.4, 0.5) is 0 Å². The molecule has 0 N–H and O–H groups in total. The molecule has 0 aromatic carbocycles. The smallest absolute Gasteiger partial charge is 0.374 e. The molecule has 0 rings (SSSR count). The van der Waals surface area contributed by atoms with Gasteiger partial charge in [-0.1, -0.05) is 51.9 Å². The first-order valence-corrected chi connectivity index (χ1v) is 18.1. The lowest BCUT2D eigenvalue weighted by Gasteiger charge is -2.32. The molecule has 0 atom stereocenters. The molecule has 0 amide bonds. The van der Waals surface area contributed by atoms with Crippen molar-refractivity contribution in [3.8, 4) is 0 Å². The molecule has 0 unspecified atom stereocenters. The third kappa shape index (κ3) is 22.4. The van der Waals surface area contributed by atoms with E-state index in [1.165, 1.54) is 32.1 Å². The van der Waals surface area contributed by atoms with Gasteiger partial charge < -0.3 is 32.3 Å². The van der Waals surface area contributed by atoms with Crippen molar-refractivity contribution in [2.24, 2.45) is 0 Å². The molecule has 0 spiro atoms. The molecule has 0 saturated carbocycles. The first-order chi connectivity index (χ1) is 17.8. The van der Waals surface area contributed by atoms with Crippen LogP contribution >= 0.6 is 0 Å². The lowest BCUT2D eigenvalue weighted by molar-refractivity contribution is -0.380. The predicted octanol–water partition coefficient (Wildman–Crippen LogP) is 6.38. The van der Waals surface area contributed by atoms with E-state index in [1.807, 2.05) is 41.5 Å². The molecule has 0 heterocycles. The minimum atomic E-state index is -2.36. The highest BCUT2D eigenvalue weighted by atomic mass is 28.4. The first kappa shape index (κ1) is 39.0. The molecule has 0 aliphatic carbocycles. The van der Waals surface area contributed by atoms with Crippen LogP contribution in [0.5, 0.6) is 0 Å². The molecule has 0 fully saturated rings. The average molecular weight is 567 g/mol. The fourth-order valence-electron chi connectivity index (χ4n) is 4.19. The van der Waals surface area contributed by atoms with Crippen molar-refractivity contribution in [2.75, 3.05) is 39.6 Å². The summed E-state index contributed by atoms with van der Waals surface area (Å²) in [5, 5.41) is 0.410. The third-order valence-electron chi connectivity index (χ3n) is 5.78. The van der Waals surface area contributed by atoms with Crippen molar-refractivity contribution < 1.29 is 32.3 Å². The normalized spacial score (nSPS) is 12.0. The van der Waals surface area contributed by atoms with Crippen molar-refractivity contribution >= 4 is 24.5 Å². The summed E-state index contributed by atoms with van der Waals surface area (Å²) in [7, 11) is -1.68. The van der Waals surface area contributed by atoms with Crippen molar-refractivity contribution in [1.29, 1.82) is 0 Å². The summed E-state index contributed by atoms with van der Waals surface area (Å²) in [4.78, 5) is 10.9. The number of unbranched alkanes of at least 4 members (excludes halogenated alkanes) is 8. The molecule has 0 saturated heterocycles. The fraction of sp³-hybridized carbons (Fsp3) is 0.964. The molecule has 224 valence electrons. The summed E-state index contributed by atoms with van der Waals surface area (Å²) >= 11 is 0. The summed E-state index contributed by atoms with van der Waals surface area (Å²) < 4.78 is 34.5. The van der Waals surface area contributed by atoms with E-state index >= 15 is 0 Å². The minimum Gasteiger partial charge on any atom is -0.374 e. The summed E-state index contributed by atoms with van der Waals surface area (Å²) in [5.41, 5.74) is 0. The maximum Gasteiger partial charge on any atom is 0.500 e. The Kier molecular flexibility index (Phi) is 28.9. The molecule has 0 aliphatic rings. The topological polar surface area (TPSA) is 72.5 Å². The Balaban J connectivity index is 0. The maximum absolute atomic E-state index is 10.9. The molecule has 0 radical (unpaired) electrons. The van der Waals surface area contributed by atoms with E-state index in [4.69, 9.17) is 27.5 Å². The predicted molar refractivity (Wildman–Crippen MR) is 159 cm³/mol. The first-order valence-electron chi connectivity index (χ1n) is 15.2. The number of hydrogen-bond acceptors (Lipinski definition) is 7. The van der Waals surface area contributed by atoms with Gasteiger partial charge in [-0.2, -0.15) is 0 Å². The number of carbonyl (C=O) groups excluding carboxylic acids is 1. The Labute approximate surface area is 233 Å². The second-order valence-corrected chi connectivity index (χ2v) is 12.9. The molecule has 0 aliphatic heterocycles. The zero-order chi connectivity index (χ0) is 28.3. The highest BCUT2D eigenvalue weighted by molar-refractivity contribution is 6.60. The maximum atomic E-state index is 10.9. The van der Waals surface area contributed by atoms with Crippen LogP contribution in [0.1, 0.15) is 126 Å². The van der Waals surface area contributed by atoms with Gasteiger partial charge >= 0.3 is 8.80 Å². The molecule has 9 heteroatoms. The third-order valence-corrected chi connectivity index (χ3v) is 9.44. The van der Waals surface area contributed by atoms with Gasteiger partial charge in [0.2, 0.25) is 0 Å². The lowest BCUT2D eigenvalue weighted by atomic mass is 10.1. The van der Waals surface area contributed by atoms with Gasteiger partial charge in [0.15, 0.2) is 0 Å². The second-order valence-electron chi connectivity index (χ2n) is 9.10. The number of rotatable bonds is 26. The van der Waals surface area contributed by atoms with Crippen LogP contribution in [0.15, 0.2) is 0 Å². The fourth-order valence-corrected chi connectivity index (χ4v) is 7.23. The SMILES string of the molecule is CCCCCCCC[Si](OCC)(OCC)OCC.CCOC(CCCCCCC(=O)[SiH3])(OCC)OCC. The van der Waals surface area contributed by atoms with Crippen molar-refractivity contribution in [3.05, 3.63) is 0 Å². The largest absolute Gasteiger partial charge is 0.500 e. The molecular weight excluding hydrogens is 504 g/mol. The van der Waals surface area contributed by atoms with Crippen LogP contribution in [-0.4, -0.2) is 70.1 Å². The van der Waals surface area contributed by atoms with Crippen LogP contribution in [0.25, 0.3) is 0 Å². The average Bonchev–Trinajstić information content (AvgIpc) is 2.85. The van der Waals surface area contributed by atoms with E-state index in [0.29, 0.717) is 55.3 Å². The molecule has 37 heavy (non-hydrogen) atoms. The summed E-state index contributed by atoms with van der Waals surface area (Å²) in [5.74, 6) is -0.869. The van der Waals surface area contributed by atoms with E-state index in [0.717, 1.165) is 51.0 Å². The Hall–Kier alpha value is -0.136. The lowest BCUT2D eigenvalue weighted by Crippen LogP contribution is -2.45. The van der Waals surface area contributed by atoms with Crippen LogP contribution in [0, 0.1) is 0 Å².